The molecule has 3 aromatic rings. The lowest BCUT2D eigenvalue weighted by Gasteiger charge is -2.32. The number of carbonyl (C=O) groups excluding carboxylic acids is 1. The number of urea groups is 1. The number of sulfonamides is 1. The van der Waals surface area contributed by atoms with Crippen LogP contribution in [0.15, 0.2) is 77.7 Å². The number of hydrogen-bond acceptors (Lipinski definition) is 4. The second-order valence-corrected chi connectivity index (χ2v) is 10.5. The number of benzene rings is 3. The molecule has 0 radical (unpaired) electrons. The van der Waals surface area contributed by atoms with Gasteiger partial charge in [-0.05, 0) is 60.9 Å². The van der Waals surface area contributed by atoms with Crippen LogP contribution in [0.1, 0.15) is 29.5 Å². The van der Waals surface area contributed by atoms with Gasteiger partial charge in [0.05, 0.1) is 10.6 Å². The van der Waals surface area contributed by atoms with Gasteiger partial charge in [-0.25, -0.2) is 13.2 Å². The summed E-state index contributed by atoms with van der Waals surface area (Å²) in [5, 5.41) is 2.92. The number of rotatable bonds is 7. The lowest BCUT2D eigenvalue weighted by molar-refractivity contribution is 0.111. The van der Waals surface area contributed by atoms with Crippen molar-refractivity contribution >= 4 is 21.7 Å². The molecule has 1 saturated heterocycles. The Balaban J connectivity index is 1.30. The van der Waals surface area contributed by atoms with Crippen LogP contribution in [-0.4, -0.2) is 38.5 Å². The molecule has 1 aliphatic rings. The van der Waals surface area contributed by atoms with Crippen LogP contribution in [0.5, 0.6) is 5.75 Å². The maximum absolute atomic E-state index is 12.8. The van der Waals surface area contributed by atoms with Crippen molar-refractivity contribution in [3.05, 3.63) is 89.5 Å². The Morgan fingerprint density at radius 1 is 0.943 bits per heavy atom. The maximum atomic E-state index is 12.8. The number of anilines is 1. The van der Waals surface area contributed by atoms with Gasteiger partial charge >= 0.3 is 6.03 Å². The minimum atomic E-state index is -3.72. The van der Waals surface area contributed by atoms with E-state index in [0.29, 0.717) is 24.3 Å². The van der Waals surface area contributed by atoms with Gasteiger partial charge in [0, 0.05) is 32.5 Å². The highest BCUT2D eigenvalue weighted by Crippen LogP contribution is 2.23. The van der Waals surface area contributed by atoms with Gasteiger partial charge in [0.25, 0.3) is 10.0 Å². The Hall–Kier alpha value is -3.52. The predicted octanol–water partition coefficient (Wildman–Crippen LogP) is 4.86. The van der Waals surface area contributed by atoms with Crippen molar-refractivity contribution in [3.63, 3.8) is 0 Å². The molecule has 4 rings (SSSR count). The van der Waals surface area contributed by atoms with E-state index in [-0.39, 0.29) is 23.6 Å². The molecule has 0 spiro atoms. The second-order valence-electron chi connectivity index (χ2n) is 8.78. The molecule has 0 aliphatic carbocycles. The number of piperidine rings is 1. The fourth-order valence-electron chi connectivity index (χ4n) is 4.02. The molecule has 1 heterocycles. The molecule has 0 bridgehead atoms. The number of ether oxygens (including phenoxy) is 1. The van der Waals surface area contributed by atoms with Gasteiger partial charge in [-0.3, -0.25) is 4.72 Å². The summed E-state index contributed by atoms with van der Waals surface area (Å²) in [6.45, 7) is 5.56. The van der Waals surface area contributed by atoms with Gasteiger partial charge in [0.15, 0.2) is 0 Å². The molecule has 8 heteroatoms. The van der Waals surface area contributed by atoms with Crippen LogP contribution < -0.4 is 14.8 Å². The number of amides is 2. The minimum Gasteiger partial charge on any atom is -0.490 e. The Kier molecular flexibility index (Phi) is 7.60. The molecule has 35 heavy (non-hydrogen) atoms. The SMILES string of the molecule is Cc1ccc(OC2CCN(C(=O)NCc3ccccc3NS(=O)(=O)c3ccccc3)CC2)cc1C. The van der Waals surface area contributed by atoms with Crippen LogP contribution in [0.4, 0.5) is 10.5 Å². The van der Waals surface area contributed by atoms with E-state index in [2.05, 4.69) is 36.0 Å². The van der Waals surface area contributed by atoms with Crippen LogP contribution in [0.25, 0.3) is 0 Å². The molecule has 0 atom stereocenters. The van der Waals surface area contributed by atoms with Gasteiger partial charge in [-0.15, -0.1) is 0 Å². The topological polar surface area (TPSA) is 87.7 Å². The first-order valence-electron chi connectivity index (χ1n) is 11.7. The highest BCUT2D eigenvalue weighted by atomic mass is 32.2. The molecule has 184 valence electrons. The zero-order valence-corrected chi connectivity index (χ0v) is 20.8. The highest BCUT2D eigenvalue weighted by Gasteiger charge is 2.24. The normalized spacial score (nSPS) is 14.4. The number of likely N-dealkylation sites (tertiary alicyclic amines) is 1. The van der Waals surface area contributed by atoms with E-state index in [9.17, 15) is 13.2 Å². The summed E-state index contributed by atoms with van der Waals surface area (Å²) in [7, 11) is -3.72. The highest BCUT2D eigenvalue weighted by molar-refractivity contribution is 7.92. The third-order valence-electron chi connectivity index (χ3n) is 6.26. The van der Waals surface area contributed by atoms with Crippen molar-refractivity contribution in [3.8, 4) is 5.75 Å². The molecule has 1 fully saturated rings. The van der Waals surface area contributed by atoms with Gasteiger partial charge in [-0.1, -0.05) is 42.5 Å². The zero-order chi connectivity index (χ0) is 24.8. The van der Waals surface area contributed by atoms with E-state index in [1.165, 1.54) is 11.1 Å². The molecule has 1 aliphatic heterocycles. The van der Waals surface area contributed by atoms with Crippen LogP contribution in [0.3, 0.4) is 0 Å². The predicted molar refractivity (Wildman–Crippen MR) is 137 cm³/mol. The third kappa shape index (κ3) is 6.33. The van der Waals surface area contributed by atoms with Crippen molar-refractivity contribution in [2.24, 2.45) is 0 Å². The number of hydrogen-bond donors (Lipinski definition) is 2. The molecule has 3 aromatic carbocycles. The molecular formula is C27H31N3O4S. The number of nitrogens with zero attached hydrogens (tertiary/aromatic N) is 1. The Morgan fingerprint density at radius 2 is 1.63 bits per heavy atom. The molecule has 2 N–H and O–H groups in total. The van der Waals surface area contributed by atoms with Crippen molar-refractivity contribution in [2.45, 2.75) is 44.2 Å². The first kappa shape index (κ1) is 24.6. The van der Waals surface area contributed by atoms with Crippen LogP contribution in [-0.2, 0) is 16.6 Å². The zero-order valence-electron chi connectivity index (χ0n) is 20.0. The minimum absolute atomic E-state index is 0.0780. The quantitative estimate of drug-likeness (QED) is 0.492. The Bertz CT molecular complexity index is 1270. The van der Waals surface area contributed by atoms with E-state index in [0.717, 1.165) is 18.6 Å². The fourth-order valence-corrected chi connectivity index (χ4v) is 5.14. The maximum Gasteiger partial charge on any atom is 0.317 e. The van der Waals surface area contributed by atoms with Crippen molar-refractivity contribution in [2.75, 3.05) is 17.8 Å². The van der Waals surface area contributed by atoms with Crippen molar-refractivity contribution < 1.29 is 17.9 Å². The van der Waals surface area contributed by atoms with Gasteiger partial charge in [-0.2, -0.15) is 0 Å². The van der Waals surface area contributed by atoms with Crippen LogP contribution in [0.2, 0.25) is 0 Å². The van der Waals surface area contributed by atoms with Gasteiger partial charge in [0.2, 0.25) is 0 Å². The molecule has 0 aromatic heterocycles. The number of nitrogens with one attached hydrogen (secondary N) is 2. The first-order valence-corrected chi connectivity index (χ1v) is 13.2. The summed E-state index contributed by atoms with van der Waals surface area (Å²) in [6.07, 6.45) is 1.59. The molecular weight excluding hydrogens is 462 g/mol. The fraction of sp³-hybridized carbons (Fsp3) is 0.296. The summed E-state index contributed by atoms with van der Waals surface area (Å²) in [5.74, 6) is 0.866. The van der Waals surface area contributed by atoms with Crippen molar-refractivity contribution in [1.82, 2.24) is 10.2 Å². The van der Waals surface area contributed by atoms with E-state index in [1.807, 2.05) is 12.1 Å². The van der Waals surface area contributed by atoms with Crippen LogP contribution >= 0.6 is 0 Å². The number of aryl methyl sites for hydroxylation is 2. The smallest absolute Gasteiger partial charge is 0.317 e. The van der Waals surface area contributed by atoms with Gasteiger partial charge < -0.3 is 15.0 Å². The number of carbonyl (C=O) groups is 1. The first-order chi connectivity index (χ1) is 16.8. The number of para-hydroxylation sites is 1. The third-order valence-corrected chi connectivity index (χ3v) is 7.64. The lowest BCUT2D eigenvalue weighted by Crippen LogP contribution is -2.46. The monoisotopic (exact) mass is 493 g/mol. The van der Waals surface area contributed by atoms with Crippen molar-refractivity contribution in [1.29, 1.82) is 0 Å². The summed E-state index contributed by atoms with van der Waals surface area (Å²) in [4.78, 5) is 14.7. The average Bonchev–Trinajstić information content (AvgIpc) is 2.86. The lowest BCUT2D eigenvalue weighted by atomic mass is 10.1. The molecule has 0 unspecified atom stereocenters. The van der Waals surface area contributed by atoms with E-state index in [4.69, 9.17) is 4.74 Å². The summed E-state index contributed by atoms with van der Waals surface area (Å²) in [6, 6.07) is 21.2. The summed E-state index contributed by atoms with van der Waals surface area (Å²) in [5.41, 5.74) is 3.56. The molecule has 7 nitrogen and oxygen atoms in total. The van der Waals surface area contributed by atoms with E-state index >= 15 is 0 Å². The second kappa shape index (κ2) is 10.8. The largest absolute Gasteiger partial charge is 0.490 e. The average molecular weight is 494 g/mol. The summed E-state index contributed by atoms with van der Waals surface area (Å²) >= 11 is 0. The Morgan fingerprint density at radius 3 is 2.34 bits per heavy atom. The standard InChI is InChI=1S/C27H31N3O4S/c1-20-12-13-24(18-21(20)2)34-23-14-16-30(17-15-23)27(31)28-19-22-8-6-7-11-26(22)29-35(32,33)25-9-4-3-5-10-25/h3-13,18,23,29H,14-17,19H2,1-2H3,(H,28,31). The van der Waals surface area contributed by atoms with Crippen LogP contribution in [0, 0.1) is 13.8 Å². The van der Waals surface area contributed by atoms with E-state index in [1.54, 1.807) is 53.4 Å². The van der Waals surface area contributed by atoms with Gasteiger partial charge in [0.1, 0.15) is 11.9 Å². The molecule has 0 saturated carbocycles. The van der Waals surface area contributed by atoms with E-state index < -0.39 is 10.0 Å². The summed E-state index contributed by atoms with van der Waals surface area (Å²) < 4.78 is 34.2. The Labute approximate surface area is 207 Å². The molecule has 2 amide bonds.